The largest absolute Gasteiger partial charge is 0.481 e. The smallest absolute Gasteiger partial charge is 0.327 e. The Bertz CT molecular complexity index is 4030. The average Bonchev–Trinajstić information content (AvgIpc) is 1.62. The summed E-state index contributed by atoms with van der Waals surface area (Å²) in [5, 5.41) is 166. The molecule has 1 aliphatic carbocycles. The van der Waals surface area contributed by atoms with Crippen LogP contribution in [-0.4, -0.2) is 334 Å². The number of nitrogens with zero attached hydrogens (tertiary/aromatic N) is 2. The quantitative estimate of drug-likeness (QED) is 0.0216. The molecule has 1 heterocycles. The zero-order valence-electron chi connectivity index (χ0n) is 70.1. The van der Waals surface area contributed by atoms with Gasteiger partial charge in [0.2, 0.25) is 53.2 Å². The molecule has 1 aliphatic heterocycles. The van der Waals surface area contributed by atoms with Gasteiger partial charge in [0.05, 0.1) is 49.8 Å². The van der Waals surface area contributed by atoms with E-state index >= 15 is 0 Å². The molecule has 0 saturated heterocycles. The van der Waals surface area contributed by atoms with Gasteiger partial charge in [-0.3, -0.25) is 71.9 Å². The SMILES string of the molecule is CC(C)(C)C(=O)CN1C(=O)[C@H](NC(=O)Nc2cccc(C(=O)NCCCCCCCC(=O)N[C@H](CCC(=O)O)C(=O)N[C@H](CCC(=O)NC[C@H](O)[C@@H](O)[C@H](O)[C@H](O)CO)C(=O)N[C@H](CCC(=O)O)C(=O)N[C@H](CCC(=O)NC[C@H](O)[C@@H](O)[C@H](O)[C@H](O)CO)C(=O)NC[C@H](N)C(=O)N[C@@H](CC(=O)O)C(=O)N[C@H](CS)C(=O)O)c2)CN(C2CCCCC2)c2ccccc21. The zero-order valence-corrected chi connectivity index (χ0v) is 71.0. The van der Waals surface area contributed by atoms with Crippen LogP contribution in [0, 0.1) is 5.41 Å². The zero-order chi connectivity index (χ0) is 94.2. The number of Topliss-reactive ketones (excluding diaryl/α,β-unsaturated/α-hetero) is 1. The number of unbranched alkanes of at least 4 members (excludes halogenated alkanes) is 4. The number of carboxylic acid groups (broad SMARTS) is 4. The van der Waals surface area contributed by atoms with Gasteiger partial charge in [-0.25, -0.2) is 9.59 Å². The number of thiol groups is 1. The number of amides is 13. The Morgan fingerprint density at radius 3 is 1.46 bits per heavy atom. The number of anilines is 3. The van der Waals surface area contributed by atoms with E-state index < -0.39 is 294 Å². The first-order chi connectivity index (χ1) is 59.4. The highest BCUT2D eigenvalue weighted by Gasteiger charge is 2.42. The molecular weight excluding hydrogens is 1690 g/mol. The summed E-state index contributed by atoms with van der Waals surface area (Å²) in [6.45, 7) is 0.601. The van der Waals surface area contributed by atoms with Crippen LogP contribution >= 0.6 is 12.6 Å². The van der Waals surface area contributed by atoms with E-state index in [1.807, 2.05) is 22.8 Å². The molecule has 28 N–H and O–H groups in total. The van der Waals surface area contributed by atoms with Crippen molar-refractivity contribution in [2.45, 2.75) is 252 Å². The fourth-order valence-electron chi connectivity index (χ4n) is 13.1. The molecule has 0 spiro atoms. The van der Waals surface area contributed by atoms with Crippen LogP contribution in [0.15, 0.2) is 48.5 Å². The number of benzene rings is 2. The van der Waals surface area contributed by atoms with Gasteiger partial charge in [0.15, 0.2) is 5.78 Å². The summed E-state index contributed by atoms with van der Waals surface area (Å²) in [5.74, 6) is -19.0. The Hall–Kier alpha value is -10.9. The number of para-hydroxylation sites is 2. The number of carbonyl (C=O) groups excluding carboxylic acids is 13. The predicted octanol–water partition coefficient (Wildman–Crippen LogP) is -6.72. The van der Waals surface area contributed by atoms with E-state index in [9.17, 15) is 148 Å². The van der Waals surface area contributed by atoms with Crippen molar-refractivity contribution in [2.75, 3.05) is 73.4 Å². The Kier molecular flexibility index (Phi) is 46.3. The minimum Gasteiger partial charge on any atom is -0.481 e. The Labute approximate surface area is 729 Å². The molecule has 0 aromatic heterocycles. The molecular formula is C79H121N15O31S. The number of hydrogen-bond donors (Lipinski definition) is 28. The molecule has 1 saturated carbocycles. The van der Waals surface area contributed by atoms with Crippen molar-refractivity contribution >= 4 is 130 Å². The molecule has 47 heteroatoms. The molecule has 46 nitrogen and oxygen atoms in total. The lowest BCUT2D eigenvalue weighted by Crippen LogP contribution is -2.59. The normalized spacial score (nSPS) is 17.1. The standard InChI is InChI=1S/C79H121N15O31S/c1-79(2,3)58(101)37-94-53-20-12-11-19-52(53)93(43-17-8-7-9-18-43)36-50(76(94)122)92-78(125)85-42-16-14-15-41(31-42)69(115)81-30-13-6-4-5-10-21-61(104)86-46(24-28-62(105)106)72(118)88-47(23-27-60(103)83-35-55(98)66(112)68(114)57(100)39-96)73(119)89-48(25-29-63(107)108)74(120)87-45(22-26-59(102)82-34-54(97)65(111)67(113)56(99)38-95)71(117)84-33-44(80)70(116)90-49(32-64(109)110)75(121)91-51(40-126)77(123)124/h11-12,14-16,19-20,31,43-51,54-57,65-68,95-100,111-114,126H,4-10,13,17-18,21-30,32-40,80H2,1-3H3,(H,81,115)(H,82,102)(H,83,103)(H,84,117)(H,86,104)(H,87,120)(H,88,118)(H,89,119)(H,90,116)(H,91,121)(H,105,106)(H,107,108)(H,109,110)(H,123,124)(H2,85,92,125)/t44-,45+,46+,47+,48+,49-,50+,51+,54-,55-,56+,57+,65+,66+,67+,68+/m0/s1. The Morgan fingerprint density at radius 1 is 0.492 bits per heavy atom. The number of urea groups is 1. The summed E-state index contributed by atoms with van der Waals surface area (Å²) < 4.78 is 0. The second-order valence-electron chi connectivity index (χ2n) is 31.6. The topological polar surface area (TPSA) is 750 Å². The van der Waals surface area contributed by atoms with Crippen LogP contribution < -0.4 is 79.3 Å². The number of aliphatic hydroxyl groups excluding tert-OH is 10. The van der Waals surface area contributed by atoms with Crippen molar-refractivity contribution in [3.8, 4) is 0 Å². The number of aliphatic carboxylic acids is 4. The van der Waals surface area contributed by atoms with Crippen LogP contribution in [0.1, 0.15) is 160 Å². The van der Waals surface area contributed by atoms with Crippen molar-refractivity contribution in [3.63, 3.8) is 0 Å². The molecule has 13 amide bonds. The molecule has 126 heavy (non-hydrogen) atoms. The van der Waals surface area contributed by atoms with Gasteiger partial charge < -0.3 is 151 Å². The Morgan fingerprint density at radius 2 is 0.960 bits per heavy atom. The van der Waals surface area contributed by atoms with Crippen LogP contribution in [-0.2, 0) is 71.9 Å². The number of aliphatic hydroxyl groups is 10. The van der Waals surface area contributed by atoms with E-state index in [4.69, 9.17) is 10.8 Å². The predicted molar refractivity (Wildman–Crippen MR) is 447 cm³/mol. The van der Waals surface area contributed by atoms with E-state index in [-0.39, 0.29) is 55.6 Å². The maximum Gasteiger partial charge on any atom is 0.327 e. The van der Waals surface area contributed by atoms with Crippen LogP contribution in [0.25, 0.3) is 0 Å². The number of carboxylic acids is 4. The molecule has 0 bridgehead atoms. The summed E-state index contributed by atoms with van der Waals surface area (Å²) in [7, 11) is 0. The van der Waals surface area contributed by atoms with Gasteiger partial charge in [-0.15, -0.1) is 0 Å². The van der Waals surface area contributed by atoms with Gasteiger partial charge in [0.25, 0.3) is 11.8 Å². The molecule has 4 rings (SSSR count). The van der Waals surface area contributed by atoms with E-state index in [1.165, 1.54) is 17.0 Å². The molecule has 704 valence electrons. The van der Waals surface area contributed by atoms with Crippen molar-refractivity contribution < 1.29 is 153 Å². The average molecular weight is 1810 g/mol. The molecule has 2 aliphatic rings. The third-order valence-electron chi connectivity index (χ3n) is 20.6. The molecule has 2 aromatic rings. The summed E-state index contributed by atoms with van der Waals surface area (Å²) in [6.07, 6.45) is -17.7. The summed E-state index contributed by atoms with van der Waals surface area (Å²) in [5.41, 5.74) is 6.99. The summed E-state index contributed by atoms with van der Waals surface area (Å²) in [6, 6.07) is -1.75. The third kappa shape index (κ3) is 37.0. The van der Waals surface area contributed by atoms with Gasteiger partial charge >= 0.3 is 29.9 Å². The van der Waals surface area contributed by atoms with Gasteiger partial charge in [0.1, 0.15) is 85.0 Å². The molecule has 0 unspecified atom stereocenters. The minimum absolute atomic E-state index is 0.0811. The third-order valence-corrected chi connectivity index (χ3v) is 21.0. The maximum atomic E-state index is 14.6. The lowest BCUT2D eigenvalue weighted by Gasteiger charge is -2.37. The van der Waals surface area contributed by atoms with Crippen LogP contribution in [0.5, 0.6) is 0 Å². The number of ketones is 1. The summed E-state index contributed by atoms with van der Waals surface area (Å²) >= 11 is 3.81. The summed E-state index contributed by atoms with van der Waals surface area (Å²) in [4.78, 5) is 230. The minimum atomic E-state index is -2.18. The van der Waals surface area contributed by atoms with Crippen LogP contribution in [0.4, 0.5) is 21.9 Å². The number of rotatable bonds is 56. The van der Waals surface area contributed by atoms with E-state index in [0.29, 0.717) is 31.4 Å². The monoisotopic (exact) mass is 1810 g/mol. The Balaban J connectivity index is 1.50. The van der Waals surface area contributed by atoms with E-state index in [0.717, 1.165) is 37.8 Å². The van der Waals surface area contributed by atoms with Crippen LogP contribution in [0.3, 0.4) is 0 Å². The lowest BCUT2D eigenvalue weighted by molar-refractivity contribution is -0.143. The fraction of sp³-hybridized carbons (Fsp3) is 0.633. The van der Waals surface area contributed by atoms with Crippen LogP contribution in [0.2, 0.25) is 0 Å². The number of nitrogens with one attached hydrogen (secondary N) is 12. The van der Waals surface area contributed by atoms with Gasteiger partial charge in [-0.05, 0) is 81.7 Å². The van der Waals surface area contributed by atoms with E-state index in [1.54, 1.807) is 45.0 Å². The maximum absolute atomic E-state index is 14.6. The second kappa shape index (κ2) is 54.2. The highest BCUT2D eigenvalue weighted by Crippen LogP contribution is 2.38. The lowest BCUT2D eigenvalue weighted by atomic mass is 9.90. The van der Waals surface area contributed by atoms with Crippen molar-refractivity contribution in [3.05, 3.63) is 54.1 Å². The van der Waals surface area contributed by atoms with Crippen molar-refractivity contribution in [1.82, 2.24) is 58.5 Å². The highest BCUT2D eigenvalue weighted by atomic mass is 32.1. The van der Waals surface area contributed by atoms with Crippen molar-refractivity contribution in [1.29, 1.82) is 0 Å². The fourth-order valence-corrected chi connectivity index (χ4v) is 13.3. The first kappa shape index (κ1) is 107. The highest BCUT2D eigenvalue weighted by molar-refractivity contribution is 7.80. The molecule has 1 fully saturated rings. The van der Waals surface area contributed by atoms with Gasteiger partial charge in [-0.1, -0.05) is 77.5 Å². The number of carbonyl (C=O) groups is 17. The molecule has 0 radical (unpaired) electrons. The second-order valence-corrected chi connectivity index (χ2v) is 31.9. The number of fused-ring (bicyclic) bond motifs is 1. The van der Waals surface area contributed by atoms with Gasteiger partial charge in [-0.2, -0.15) is 12.6 Å². The number of nitrogens with two attached hydrogens (primary N) is 1. The first-order valence-corrected chi connectivity index (χ1v) is 41.7. The molecule has 2 aromatic carbocycles. The van der Waals surface area contributed by atoms with Crippen molar-refractivity contribution in [2.24, 2.45) is 11.1 Å². The molecule has 16 atom stereocenters. The van der Waals surface area contributed by atoms with Gasteiger partial charge in [0, 0.05) is 93.3 Å². The first-order valence-electron chi connectivity index (χ1n) is 41.1. The van der Waals surface area contributed by atoms with E-state index in [2.05, 4.69) is 70.7 Å². The number of hydrogen-bond acceptors (Lipinski definition) is 30.